The van der Waals surface area contributed by atoms with Gasteiger partial charge in [-0.15, -0.1) is 0 Å². The van der Waals surface area contributed by atoms with Gasteiger partial charge in [-0.05, 0) is 49.7 Å². The summed E-state index contributed by atoms with van der Waals surface area (Å²) in [5, 5.41) is 0. The summed E-state index contributed by atoms with van der Waals surface area (Å²) in [5.74, 6) is 3.34. The number of ether oxygens (including phenoxy) is 1. The van der Waals surface area contributed by atoms with Crippen molar-refractivity contribution in [2.24, 2.45) is 11.7 Å². The first-order chi connectivity index (χ1) is 8.31. The van der Waals surface area contributed by atoms with E-state index in [1.807, 2.05) is 0 Å². The van der Waals surface area contributed by atoms with Gasteiger partial charge >= 0.3 is 0 Å². The smallest absolute Gasteiger partial charge is 0.0713 e. The molecule has 3 nitrogen and oxygen atoms in total. The van der Waals surface area contributed by atoms with Gasteiger partial charge in [0, 0.05) is 25.7 Å². The zero-order chi connectivity index (χ0) is 11.7. The van der Waals surface area contributed by atoms with E-state index in [0.29, 0.717) is 0 Å². The summed E-state index contributed by atoms with van der Waals surface area (Å²) in [6.45, 7) is 4.29. The molecule has 0 bridgehead atoms. The van der Waals surface area contributed by atoms with Crippen molar-refractivity contribution in [3.8, 4) is 0 Å². The van der Waals surface area contributed by atoms with Crippen LogP contribution in [-0.4, -0.2) is 54.3 Å². The average molecular weight is 256 g/mol. The lowest BCUT2D eigenvalue weighted by molar-refractivity contribution is -0.122. The summed E-state index contributed by atoms with van der Waals surface area (Å²) in [4.78, 5) is 2.64. The Hall–Kier alpha value is 0.230. The maximum absolute atomic E-state index is 6.14. The summed E-state index contributed by atoms with van der Waals surface area (Å²) < 4.78 is 6.14. The molecule has 3 aliphatic rings. The molecule has 0 aliphatic carbocycles. The number of nitrogens with two attached hydrogens (primary N) is 1. The van der Waals surface area contributed by atoms with E-state index in [4.69, 9.17) is 10.5 Å². The van der Waals surface area contributed by atoms with Crippen LogP contribution in [-0.2, 0) is 4.74 Å². The van der Waals surface area contributed by atoms with Crippen molar-refractivity contribution >= 4 is 11.8 Å². The fourth-order valence-corrected chi connectivity index (χ4v) is 4.70. The van der Waals surface area contributed by atoms with Crippen molar-refractivity contribution in [2.45, 2.75) is 37.3 Å². The second kappa shape index (κ2) is 5.08. The maximum atomic E-state index is 6.14. The Morgan fingerprint density at radius 2 is 2.06 bits per heavy atom. The molecule has 17 heavy (non-hydrogen) atoms. The molecule has 0 aromatic heterocycles. The first kappa shape index (κ1) is 12.3. The highest BCUT2D eigenvalue weighted by atomic mass is 32.2. The number of nitrogens with zero attached hydrogens (tertiary/aromatic N) is 1. The van der Waals surface area contributed by atoms with Gasteiger partial charge in [0.25, 0.3) is 0 Å². The van der Waals surface area contributed by atoms with Crippen LogP contribution in [0.15, 0.2) is 0 Å². The summed E-state index contributed by atoms with van der Waals surface area (Å²) in [7, 11) is 0. The molecule has 1 unspecified atom stereocenters. The molecule has 98 valence electrons. The van der Waals surface area contributed by atoms with Gasteiger partial charge in [-0.1, -0.05) is 0 Å². The molecule has 2 N–H and O–H groups in total. The predicted octanol–water partition coefficient (Wildman–Crippen LogP) is 1.32. The number of thioether (sulfide) groups is 1. The molecule has 0 saturated carbocycles. The third-order valence-corrected chi connectivity index (χ3v) is 5.69. The molecule has 4 heteroatoms. The SMILES string of the molecule is NCC1CN(C2CCOC3(CCSCC3)C2)C1. The predicted molar refractivity (Wildman–Crippen MR) is 72.4 cm³/mol. The van der Waals surface area contributed by atoms with Crippen LogP contribution in [0.3, 0.4) is 0 Å². The Morgan fingerprint density at radius 1 is 1.29 bits per heavy atom. The van der Waals surface area contributed by atoms with Gasteiger partial charge < -0.3 is 10.5 Å². The van der Waals surface area contributed by atoms with Crippen LogP contribution in [0.4, 0.5) is 0 Å². The lowest BCUT2D eigenvalue weighted by atomic mass is 9.83. The Bertz CT molecular complexity index is 257. The van der Waals surface area contributed by atoms with Crippen molar-refractivity contribution < 1.29 is 4.74 Å². The lowest BCUT2D eigenvalue weighted by Gasteiger charge is -2.51. The van der Waals surface area contributed by atoms with E-state index in [-0.39, 0.29) is 5.60 Å². The normalized spacial score (nSPS) is 34.8. The van der Waals surface area contributed by atoms with Crippen LogP contribution in [0.1, 0.15) is 25.7 Å². The molecule has 3 fully saturated rings. The molecule has 3 saturated heterocycles. The highest BCUT2D eigenvalue weighted by molar-refractivity contribution is 7.99. The first-order valence-electron chi connectivity index (χ1n) is 6.97. The van der Waals surface area contributed by atoms with Gasteiger partial charge in [-0.2, -0.15) is 11.8 Å². The number of likely N-dealkylation sites (tertiary alicyclic amines) is 1. The molecule has 0 aromatic rings. The largest absolute Gasteiger partial charge is 0.375 e. The molecule has 0 amide bonds. The van der Waals surface area contributed by atoms with Gasteiger partial charge in [0.05, 0.1) is 5.60 Å². The van der Waals surface area contributed by atoms with Crippen molar-refractivity contribution in [1.29, 1.82) is 0 Å². The Balaban J connectivity index is 1.56. The minimum Gasteiger partial charge on any atom is -0.375 e. The zero-order valence-corrected chi connectivity index (χ0v) is 11.4. The van der Waals surface area contributed by atoms with E-state index in [0.717, 1.165) is 25.1 Å². The number of rotatable bonds is 2. The van der Waals surface area contributed by atoms with Crippen molar-refractivity contribution in [2.75, 3.05) is 37.7 Å². The second-order valence-corrected chi connectivity index (χ2v) is 7.07. The van der Waals surface area contributed by atoms with E-state index in [2.05, 4.69) is 16.7 Å². The minimum absolute atomic E-state index is 0.238. The number of hydrogen-bond donors (Lipinski definition) is 1. The lowest BCUT2D eigenvalue weighted by Crippen LogP contribution is -2.58. The Morgan fingerprint density at radius 3 is 2.76 bits per heavy atom. The summed E-state index contributed by atoms with van der Waals surface area (Å²) in [5.41, 5.74) is 5.95. The van der Waals surface area contributed by atoms with Crippen LogP contribution in [0.2, 0.25) is 0 Å². The van der Waals surface area contributed by atoms with E-state index in [1.165, 1.54) is 50.3 Å². The molecule has 3 aliphatic heterocycles. The van der Waals surface area contributed by atoms with Crippen LogP contribution < -0.4 is 5.73 Å². The van der Waals surface area contributed by atoms with Gasteiger partial charge in [-0.25, -0.2) is 0 Å². The van der Waals surface area contributed by atoms with E-state index in [9.17, 15) is 0 Å². The molecule has 3 rings (SSSR count). The van der Waals surface area contributed by atoms with Gasteiger partial charge in [0.15, 0.2) is 0 Å². The fraction of sp³-hybridized carbons (Fsp3) is 1.00. The third-order valence-electron chi connectivity index (χ3n) is 4.71. The van der Waals surface area contributed by atoms with Gasteiger partial charge in [0.1, 0.15) is 0 Å². The van der Waals surface area contributed by atoms with Gasteiger partial charge in [-0.3, -0.25) is 4.90 Å². The van der Waals surface area contributed by atoms with Crippen LogP contribution in [0, 0.1) is 5.92 Å². The van der Waals surface area contributed by atoms with Crippen molar-refractivity contribution in [3.63, 3.8) is 0 Å². The summed E-state index contributed by atoms with van der Waals surface area (Å²) in [6, 6.07) is 0.773. The van der Waals surface area contributed by atoms with E-state index in [1.54, 1.807) is 0 Å². The maximum Gasteiger partial charge on any atom is 0.0713 e. The first-order valence-corrected chi connectivity index (χ1v) is 8.13. The zero-order valence-electron chi connectivity index (χ0n) is 10.6. The third kappa shape index (κ3) is 2.50. The highest BCUT2D eigenvalue weighted by Crippen LogP contribution is 2.40. The van der Waals surface area contributed by atoms with Crippen LogP contribution in [0.25, 0.3) is 0 Å². The molecule has 0 aromatic carbocycles. The Kier molecular flexibility index (Phi) is 3.67. The van der Waals surface area contributed by atoms with Crippen molar-refractivity contribution in [3.05, 3.63) is 0 Å². The fourth-order valence-electron chi connectivity index (χ4n) is 3.46. The molecular formula is C13H24N2OS. The molecule has 1 atom stereocenters. The highest BCUT2D eigenvalue weighted by Gasteiger charge is 2.42. The topological polar surface area (TPSA) is 38.5 Å². The van der Waals surface area contributed by atoms with E-state index < -0.39 is 0 Å². The molecule has 3 heterocycles. The molecule has 0 radical (unpaired) electrons. The Labute approximate surface area is 108 Å². The quantitative estimate of drug-likeness (QED) is 0.809. The van der Waals surface area contributed by atoms with E-state index >= 15 is 0 Å². The minimum atomic E-state index is 0.238. The molecular weight excluding hydrogens is 232 g/mol. The second-order valence-electron chi connectivity index (χ2n) is 5.85. The summed E-state index contributed by atoms with van der Waals surface area (Å²) in [6.07, 6.45) is 5.03. The monoisotopic (exact) mass is 256 g/mol. The van der Waals surface area contributed by atoms with Crippen LogP contribution in [0.5, 0.6) is 0 Å². The summed E-state index contributed by atoms with van der Waals surface area (Å²) >= 11 is 2.09. The average Bonchev–Trinajstić information content (AvgIpc) is 2.29. The van der Waals surface area contributed by atoms with Crippen molar-refractivity contribution in [1.82, 2.24) is 4.90 Å². The van der Waals surface area contributed by atoms with Gasteiger partial charge in [0.2, 0.25) is 0 Å². The standard InChI is InChI=1S/C13H24N2OS/c14-8-11-9-15(10-11)12-1-4-16-13(7-12)2-5-17-6-3-13/h11-12H,1-10,14H2. The molecule has 1 spiro atoms. The van der Waals surface area contributed by atoms with Crippen LogP contribution >= 0.6 is 11.8 Å². The number of hydrogen-bond acceptors (Lipinski definition) is 4.